The topological polar surface area (TPSA) is 52.3 Å². The van der Waals surface area contributed by atoms with E-state index in [0.717, 1.165) is 0 Å². The number of rotatable bonds is 3. The minimum absolute atomic E-state index is 0.335. The van der Waals surface area contributed by atoms with Crippen LogP contribution >= 0.6 is 0 Å². The van der Waals surface area contributed by atoms with Gasteiger partial charge in [0, 0.05) is 11.1 Å². The van der Waals surface area contributed by atoms with Crippen molar-refractivity contribution in [2.75, 3.05) is 7.11 Å². The van der Waals surface area contributed by atoms with Gasteiger partial charge in [-0.25, -0.2) is 4.39 Å². The van der Waals surface area contributed by atoms with Crippen molar-refractivity contribution in [2.45, 2.75) is 0 Å². The fraction of sp³-hybridized carbons (Fsp3) is 0.0714. The molecule has 0 unspecified atom stereocenters. The highest BCUT2D eigenvalue weighted by Crippen LogP contribution is 2.32. The van der Waals surface area contributed by atoms with E-state index in [1.54, 1.807) is 24.3 Å². The van der Waals surface area contributed by atoms with Crippen LogP contribution in [-0.2, 0) is 0 Å². The van der Waals surface area contributed by atoms with Crippen LogP contribution < -0.4 is 10.5 Å². The number of nitrogens with two attached hydrogens (primary N) is 1. The van der Waals surface area contributed by atoms with Gasteiger partial charge in [0.1, 0.15) is 11.6 Å². The average molecular weight is 245 g/mol. The van der Waals surface area contributed by atoms with Crippen molar-refractivity contribution in [1.82, 2.24) is 0 Å². The summed E-state index contributed by atoms with van der Waals surface area (Å²) in [7, 11) is 1.49. The van der Waals surface area contributed by atoms with E-state index in [0.29, 0.717) is 22.4 Å². The first-order chi connectivity index (χ1) is 8.63. The monoisotopic (exact) mass is 245 g/mol. The maximum atomic E-state index is 13.3. The van der Waals surface area contributed by atoms with E-state index in [-0.39, 0.29) is 0 Å². The fourth-order valence-corrected chi connectivity index (χ4v) is 1.82. The lowest BCUT2D eigenvalue weighted by Gasteiger charge is -2.11. The first-order valence-electron chi connectivity index (χ1n) is 5.36. The Labute approximate surface area is 104 Å². The first kappa shape index (κ1) is 12.1. The molecule has 0 aliphatic rings. The van der Waals surface area contributed by atoms with Gasteiger partial charge in [0.05, 0.1) is 7.11 Å². The van der Waals surface area contributed by atoms with E-state index < -0.39 is 11.7 Å². The summed E-state index contributed by atoms with van der Waals surface area (Å²) in [5.41, 5.74) is 6.71. The van der Waals surface area contributed by atoms with Gasteiger partial charge in [0.15, 0.2) is 0 Å². The van der Waals surface area contributed by atoms with Gasteiger partial charge in [-0.3, -0.25) is 4.79 Å². The molecule has 0 aliphatic heterocycles. The minimum Gasteiger partial charge on any atom is -0.496 e. The number of hydrogen-bond donors (Lipinski definition) is 1. The van der Waals surface area contributed by atoms with Crippen molar-refractivity contribution >= 4 is 5.91 Å². The Morgan fingerprint density at radius 3 is 2.56 bits per heavy atom. The van der Waals surface area contributed by atoms with Gasteiger partial charge in [-0.15, -0.1) is 0 Å². The number of benzene rings is 2. The average Bonchev–Trinajstić information content (AvgIpc) is 2.38. The van der Waals surface area contributed by atoms with Crippen molar-refractivity contribution in [3.63, 3.8) is 0 Å². The van der Waals surface area contributed by atoms with Crippen LogP contribution in [0, 0.1) is 5.82 Å². The molecule has 4 heteroatoms. The molecule has 2 aromatic carbocycles. The number of ether oxygens (including phenoxy) is 1. The molecular formula is C14H12FNO2. The normalized spacial score (nSPS) is 10.1. The summed E-state index contributed by atoms with van der Waals surface area (Å²) in [5, 5.41) is 0. The van der Waals surface area contributed by atoms with E-state index in [9.17, 15) is 9.18 Å². The van der Waals surface area contributed by atoms with Gasteiger partial charge in [-0.05, 0) is 29.8 Å². The molecule has 0 bridgehead atoms. The summed E-state index contributed by atoms with van der Waals surface area (Å²) in [5.74, 6) is -0.466. The molecule has 0 fully saturated rings. The van der Waals surface area contributed by atoms with E-state index >= 15 is 0 Å². The number of hydrogen-bond acceptors (Lipinski definition) is 2. The Kier molecular flexibility index (Phi) is 3.28. The third kappa shape index (κ3) is 2.18. The quantitative estimate of drug-likeness (QED) is 0.903. The van der Waals surface area contributed by atoms with Crippen molar-refractivity contribution in [2.24, 2.45) is 5.73 Å². The number of halogens is 1. The summed E-state index contributed by atoms with van der Waals surface area (Å²) >= 11 is 0. The molecule has 18 heavy (non-hydrogen) atoms. The second-order valence-corrected chi connectivity index (χ2v) is 3.75. The van der Waals surface area contributed by atoms with E-state index in [4.69, 9.17) is 10.5 Å². The summed E-state index contributed by atoms with van der Waals surface area (Å²) in [6.07, 6.45) is 0. The molecule has 2 rings (SSSR count). The zero-order valence-corrected chi connectivity index (χ0v) is 9.81. The number of amides is 1. The third-order valence-corrected chi connectivity index (χ3v) is 2.64. The Morgan fingerprint density at radius 1 is 1.17 bits per heavy atom. The van der Waals surface area contributed by atoms with Crippen LogP contribution in [0.3, 0.4) is 0 Å². The molecule has 2 aromatic rings. The number of carbonyl (C=O) groups is 1. The molecule has 0 saturated heterocycles. The van der Waals surface area contributed by atoms with Crippen LogP contribution in [0.25, 0.3) is 11.1 Å². The van der Waals surface area contributed by atoms with Gasteiger partial charge in [-0.2, -0.15) is 0 Å². The van der Waals surface area contributed by atoms with Crippen molar-refractivity contribution < 1.29 is 13.9 Å². The molecule has 0 heterocycles. The van der Waals surface area contributed by atoms with E-state index in [1.807, 2.05) is 0 Å². The molecule has 1 amide bonds. The first-order valence-corrected chi connectivity index (χ1v) is 5.36. The number of methoxy groups -OCH3 is 1. The SMILES string of the molecule is COc1ccc(F)cc1-c1ccccc1C(N)=O. The highest BCUT2D eigenvalue weighted by Gasteiger charge is 2.13. The predicted molar refractivity (Wildman–Crippen MR) is 66.9 cm³/mol. The molecule has 0 atom stereocenters. The molecule has 2 N–H and O–H groups in total. The number of primary amides is 1. The molecular weight excluding hydrogens is 233 g/mol. The molecule has 0 saturated carbocycles. The second-order valence-electron chi connectivity index (χ2n) is 3.75. The van der Waals surface area contributed by atoms with Gasteiger partial charge in [-0.1, -0.05) is 18.2 Å². The lowest BCUT2D eigenvalue weighted by Crippen LogP contribution is -2.12. The summed E-state index contributed by atoms with van der Waals surface area (Å²) in [4.78, 5) is 11.4. The Bertz CT molecular complexity index is 596. The fourth-order valence-electron chi connectivity index (χ4n) is 1.82. The zero-order valence-electron chi connectivity index (χ0n) is 9.81. The van der Waals surface area contributed by atoms with Gasteiger partial charge in [0.2, 0.25) is 5.91 Å². The highest BCUT2D eigenvalue weighted by atomic mass is 19.1. The van der Waals surface area contributed by atoms with Crippen LogP contribution in [0.15, 0.2) is 42.5 Å². The van der Waals surface area contributed by atoms with E-state index in [1.165, 1.54) is 25.3 Å². The van der Waals surface area contributed by atoms with Crippen molar-refractivity contribution in [3.05, 3.63) is 53.8 Å². The third-order valence-electron chi connectivity index (χ3n) is 2.64. The largest absolute Gasteiger partial charge is 0.496 e. The smallest absolute Gasteiger partial charge is 0.249 e. The van der Waals surface area contributed by atoms with E-state index in [2.05, 4.69) is 0 Å². The van der Waals surface area contributed by atoms with Crippen molar-refractivity contribution in [3.8, 4) is 16.9 Å². The lowest BCUT2D eigenvalue weighted by atomic mass is 9.98. The van der Waals surface area contributed by atoms with Crippen LogP contribution in [-0.4, -0.2) is 13.0 Å². The zero-order chi connectivity index (χ0) is 13.1. The predicted octanol–water partition coefficient (Wildman–Crippen LogP) is 2.60. The standard InChI is InChI=1S/C14H12FNO2/c1-18-13-7-6-9(15)8-12(13)10-4-2-3-5-11(10)14(16)17/h2-8H,1H3,(H2,16,17). The Hall–Kier alpha value is -2.36. The van der Waals surface area contributed by atoms with Crippen molar-refractivity contribution in [1.29, 1.82) is 0 Å². The Balaban J connectivity index is 2.68. The molecule has 0 aromatic heterocycles. The second kappa shape index (κ2) is 4.87. The summed E-state index contributed by atoms with van der Waals surface area (Å²) < 4.78 is 18.5. The molecule has 0 aliphatic carbocycles. The van der Waals surface area contributed by atoms with Crippen LogP contribution in [0.5, 0.6) is 5.75 Å². The van der Waals surface area contributed by atoms with Crippen LogP contribution in [0.1, 0.15) is 10.4 Å². The van der Waals surface area contributed by atoms with Gasteiger partial charge < -0.3 is 10.5 Å². The minimum atomic E-state index is -0.558. The summed E-state index contributed by atoms with van der Waals surface area (Å²) in [6, 6.07) is 10.9. The molecule has 3 nitrogen and oxygen atoms in total. The van der Waals surface area contributed by atoms with Gasteiger partial charge >= 0.3 is 0 Å². The Morgan fingerprint density at radius 2 is 1.89 bits per heavy atom. The molecule has 0 radical (unpaired) electrons. The number of carbonyl (C=O) groups excluding carboxylic acids is 1. The highest BCUT2D eigenvalue weighted by molar-refractivity contribution is 6.00. The molecule has 0 spiro atoms. The summed E-state index contributed by atoms with van der Waals surface area (Å²) in [6.45, 7) is 0. The van der Waals surface area contributed by atoms with Crippen LogP contribution in [0.2, 0.25) is 0 Å². The van der Waals surface area contributed by atoms with Gasteiger partial charge in [0.25, 0.3) is 0 Å². The maximum absolute atomic E-state index is 13.3. The molecule has 92 valence electrons. The van der Waals surface area contributed by atoms with Crippen LogP contribution in [0.4, 0.5) is 4.39 Å². The maximum Gasteiger partial charge on any atom is 0.249 e. The lowest BCUT2D eigenvalue weighted by molar-refractivity contribution is 0.100.